The number of hydrogen-bond donors (Lipinski definition) is 1. The number of unbranched alkanes of at least 4 members (excludes halogenated alkanes) is 1. The summed E-state index contributed by atoms with van der Waals surface area (Å²) in [5.74, 6) is 0. The van der Waals surface area contributed by atoms with Crippen molar-refractivity contribution < 1.29 is 4.79 Å². The molecule has 0 aromatic carbocycles. The van der Waals surface area contributed by atoms with E-state index in [2.05, 4.69) is 4.90 Å². The third kappa shape index (κ3) is 7.00. The smallest absolute Gasteiger partial charge is 0.208 e. The molecule has 0 aromatic heterocycles. The summed E-state index contributed by atoms with van der Waals surface area (Å²) in [7, 11) is 4.09. The van der Waals surface area contributed by atoms with Crippen LogP contribution in [-0.4, -0.2) is 35.4 Å². The molecule has 0 spiro atoms. The molecule has 72 valence electrons. The van der Waals surface area contributed by atoms with E-state index in [0.29, 0.717) is 0 Å². The Bertz CT molecular complexity index is 139. The van der Waals surface area contributed by atoms with E-state index in [1.54, 1.807) is 22.6 Å². The summed E-state index contributed by atoms with van der Waals surface area (Å²) in [6.45, 7) is 1.07. The van der Waals surface area contributed by atoms with Crippen molar-refractivity contribution in [3.63, 3.8) is 0 Å². The van der Waals surface area contributed by atoms with Gasteiger partial charge in [0.1, 0.15) is 0 Å². The van der Waals surface area contributed by atoms with Crippen LogP contribution in [0.25, 0.3) is 0 Å². The second kappa shape index (κ2) is 6.80. The largest absolute Gasteiger partial charge is 0.321 e. The van der Waals surface area contributed by atoms with Crippen molar-refractivity contribution in [1.82, 2.24) is 4.90 Å². The van der Waals surface area contributed by atoms with Crippen molar-refractivity contribution in [2.24, 2.45) is 5.73 Å². The quantitative estimate of drug-likeness (QED) is 0.450. The third-order valence-electron chi connectivity index (χ3n) is 1.66. The Kier molecular flexibility index (Phi) is 6.98. The molecule has 0 aliphatic rings. The van der Waals surface area contributed by atoms with Gasteiger partial charge in [-0.3, -0.25) is 4.79 Å². The van der Waals surface area contributed by atoms with Gasteiger partial charge in [0.05, 0.1) is 6.04 Å². The standard InChI is InChI=1S/C8H17IN2O/c1-11(2)6-4-3-5-7(10)8(9)12/h7H,3-6,10H2,1-2H3/t7-/m0/s1. The molecule has 0 amide bonds. The van der Waals surface area contributed by atoms with Gasteiger partial charge in [0, 0.05) is 22.6 Å². The van der Waals surface area contributed by atoms with Crippen LogP contribution in [0.3, 0.4) is 0 Å². The summed E-state index contributed by atoms with van der Waals surface area (Å²) in [4.78, 5) is 12.9. The molecule has 0 aliphatic carbocycles. The first kappa shape index (κ1) is 12.3. The number of nitrogens with two attached hydrogens (primary N) is 1. The van der Waals surface area contributed by atoms with Gasteiger partial charge in [-0.2, -0.15) is 0 Å². The number of hydrogen-bond acceptors (Lipinski definition) is 3. The highest BCUT2D eigenvalue weighted by Gasteiger charge is 2.08. The zero-order chi connectivity index (χ0) is 9.56. The molecule has 0 aliphatic heterocycles. The summed E-state index contributed by atoms with van der Waals surface area (Å²) in [5.41, 5.74) is 5.56. The van der Waals surface area contributed by atoms with Gasteiger partial charge in [-0.15, -0.1) is 0 Å². The maximum absolute atomic E-state index is 10.7. The zero-order valence-electron chi connectivity index (χ0n) is 7.72. The van der Waals surface area contributed by atoms with E-state index >= 15 is 0 Å². The summed E-state index contributed by atoms with van der Waals surface area (Å²) in [6, 6.07) is -0.257. The summed E-state index contributed by atoms with van der Waals surface area (Å²) < 4.78 is 0.0671. The molecule has 0 fully saturated rings. The first-order valence-electron chi connectivity index (χ1n) is 4.13. The van der Waals surface area contributed by atoms with Gasteiger partial charge in [0.15, 0.2) is 0 Å². The molecule has 0 radical (unpaired) electrons. The second-order valence-corrected chi connectivity index (χ2v) is 4.27. The van der Waals surface area contributed by atoms with Crippen LogP contribution >= 0.6 is 22.6 Å². The fourth-order valence-electron chi connectivity index (χ4n) is 0.906. The number of carbonyl (C=O) groups is 1. The summed E-state index contributed by atoms with van der Waals surface area (Å²) in [6.07, 6.45) is 2.97. The second-order valence-electron chi connectivity index (χ2n) is 3.21. The van der Waals surface area contributed by atoms with E-state index in [9.17, 15) is 4.79 Å². The third-order valence-corrected chi connectivity index (χ3v) is 2.46. The van der Waals surface area contributed by atoms with Gasteiger partial charge >= 0.3 is 0 Å². The van der Waals surface area contributed by atoms with Gasteiger partial charge < -0.3 is 10.6 Å². The molecule has 0 bridgehead atoms. The zero-order valence-corrected chi connectivity index (χ0v) is 9.87. The van der Waals surface area contributed by atoms with Gasteiger partial charge in [-0.25, -0.2) is 0 Å². The normalized spacial score (nSPS) is 13.4. The minimum atomic E-state index is -0.257. The molecule has 2 N–H and O–H groups in total. The molecule has 0 aromatic rings. The molecular weight excluding hydrogens is 267 g/mol. The predicted octanol–water partition coefficient (Wildman–Crippen LogP) is 1.01. The lowest BCUT2D eigenvalue weighted by Gasteiger charge is -2.10. The van der Waals surface area contributed by atoms with Gasteiger partial charge in [-0.1, -0.05) is 6.42 Å². The highest BCUT2D eigenvalue weighted by molar-refractivity contribution is 14.1. The molecule has 0 saturated heterocycles. The Morgan fingerprint density at radius 3 is 2.50 bits per heavy atom. The van der Waals surface area contributed by atoms with Gasteiger partial charge in [-0.05, 0) is 33.5 Å². The average molecular weight is 284 g/mol. The minimum absolute atomic E-state index is 0.0671. The number of halogens is 1. The number of nitrogens with zero attached hydrogens (tertiary/aromatic N) is 1. The number of rotatable bonds is 6. The Morgan fingerprint density at radius 1 is 1.50 bits per heavy atom. The van der Waals surface area contributed by atoms with Crippen molar-refractivity contribution >= 4 is 26.4 Å². The first-order valence-corrected chi connectivity index (χ1v) is 5.21. The SMILES string of the molecule is CN(C)CCCC[C@H](N)C(=O)I. The minimum Gasteiger partial charge on any atom is -0.321 e. The van der Waals surface area contributed by atoms with Crippen LogP contribution in [0.15, 0.2) is 0 Å². The highest BCUT2D eigenvalue weighted by Crippen LogP contribution is 2.03. The summed E-state index contributed by atoms with van der Waals surface area (Å²) >= 11 is 1.76. The lowest BCUT2D eigenvalue weighted by molar-refractivity contribution is -0.110. The maximum atomic E-state index is 10.7. The average Bonchev–Trinajstić information content (AvgIpc) is 1.97. The first-order chi connectivity index (χ1) is 5.54. The van der Waals surface area contributed by atoms with Crippen molar-refractivity contribution in [2.75, 3.05) is 20.6 Å². The summed E-state index contributed by atoms with van der Waals surface area (Å²) in [5, 5.41) is 0. The van der Waals surface area contributed by atoms with E-state index in [1.807, 2.05) is 14.1 Å². The molecule has 0 saturated carbocycles. The van der Waals surface area contributed by atoms with E-state index in [0.717, 1.165) is 25.8 Å². The topological polar surface area (TPSA) is 46.3 Å². The Morgan fingerprint density at radius 2 is 2.08 bits per heavy atom. The van der Waals surface area contributed by atoms with Crippen LogP contribution in [0.1, 0.15) is 19.3 Å². The van der Waals surface area contributed by atoms with Crippen LogP contribution in [0, 0.1) is 0 Å². The highest BCUT2D eigenvalue weighted by atomic mass is 127. The molecule has 12 heavy (non-hydrogen) atoms. The lowest BCUT2D eigenvalue weighted by atomic mass is 10.1. The maximum Gasteiger partial charge on any atom is 0.208 e. The number of carbonyl (C=O) groups excluding carboxylic acids is 1. The Hall–Kier alpha value is 0.320. The van der Waals surface area contributed by atoms with Gasteiger partial charge in [0.2, 0.25) is 3.79 Å². The molecule has 0 heterocycles. The van der Waals surface area contributed by atoms with Crippen molar-refractivity contribution in [3.05, 3.63) is 0 Å². The Labute approximate surface area is 87.8 Å². The molecule has 0 rings (SSSR count). The monoisotopic (exact) mass is 284 g/mol. The van der Waals surface area contributed by atoms with Crippen LogP contribution in [0.4, 0.5) is 0 Å². The van der Waals surface area contributed by atoms with E-state index < -0.39 is 0 Å². The van der Waals surface area contributed by atoms with Crippen molar-refractivity contribution in [2.45, 2.75) is 25.3 Å². The fourth-order valence-corrected chi connectivity index (χ4v) is 1.22. The molecule has 1 atom stereocenters. The van der Waals surface area contributed by atoms with Gasteiger partial charge in [0.25, 0.3) is 0 Å². The van der Waals surface area contributed by atoms with E-state index in [1.165, 1.54) is 0 Å². The van der Waals surface area contributed by atoms with Crippen molar-refractivity contribution in [1.29, 1.82) is 0 Å². The molecular formula is C8H17IN2O. The van der Waals surface area contributed by atoms with Crippen LogP contribution in [-0.2, 0) is 4.79 Å². The Balaban J connectivity index is 3.25. The molecule has 3 nitrogen and oxygen atoms in total. The van der Waals surface area contributed by atoms with Crippen LogP contribution in [0.2, 0.25) is 0 Å². The van der Waals surface area contributed by atoms with Crippen LogP contribution < -0.4 is 5.73 Å². The predicted molar refractivity (Wildman–Crippen MR) is 59.4 cm³/mol. The van der Waals surface area contributed by atoms with Crippen LogP contribution in [0.5, 0.6) is 0 Å². The van der Waals surface area contributed by atoms with Crippen molar-refractivity contribution in [3.8, 4) is 0 Å². The fraction of sp³-hybridized carbons (Fsp3) is 0.875. The van der Waals surface area contributed by atoms with E-state index in [4.69, 9.17) is 5.73 Å². The van der Waals surface area contributed by atoms with E-state index in [-0.39, 0.29) is 9.83 Å². The molecule has 0 unspecified atom stereocenters. The molecule has 4 heteroatoms. The lowest BCUT2D eigenvalue weighted by Crippen LogP contribution is -2.26.